The molecule has 1 N–H and O–H groups in total. The van der Waals surface area contributed by atoms with Gasteiger partial charge in [0.15, 0.2) is 0 Å². The molecule has 1 heterocycles. The van der Waals surface area contributed by atoms with Gasteiger partial charge in [0.1, 0.15) is 6.04 Å². The number of likely N-dealkylation sites (N-methyl/N-ethyl adjacent to an activating group) is 2. The van der Waals surface area contributed by atoms with Gasteiger partial charge >= 0.3 is 6.03 Å². The topological polar surface area (TPSA) is 73.0 Å². The van der Waals surface area contributed by atoms with Crippen molar-refractivity contribution in [2.24, 2.45) is 0 Å². The van der Waals surface area contributed by atoms with Crippen molar-refractivity contribution in [3.05, 3.63) is 23.2 Å². The van der Waals surface area contributed by atoms with Crippen LogP contribution in [0.1, 0.15) is 6.42 Å². The van der Waals surface area contributed by atoms with Crippen LogP contribution in [-0.2, 0) is 9.59 Å². The molecule has 0 aliphatic carbocycles. The zero-order valence-corrected chi connectivity index (χ0v) is 14.2. The summed E-state index contributed by atoms with van der Waals surface area (Å²) in [5.74, 6) is -0.741. The summed E-state index contributed by atoms with van der Waals surface area (Å²) >= 11 is 5.98. The summed E-state index contributed by atoms with van der Waals surface area (Å²) in [5.41, 5.74) is 1.35. The van der Waals surface area contributed by atoms with E-state index in [4.69, 9.17) is 11.6 Å². The van der Waals surface area contributed by atoms with Gasteiger partial charge in [0, 0.05) is 33.2 Å². The van der Waals surface area contributed by atoms with Gasteiger partial charge < -0.3 is 15.1 Å². The first-order valence-corrected chi connectivity index (χ1v) is 7.41. The van der Waals surface area contributed by atoms with Crippen molar-refractivity contribution in [2.45, 2.75) is 12.5 Å². The fourth-order valence-electron chi connectivity index (χ4n) is 2.45. The Labute approximate surface area is 139 Å². The summed E-state index contributed by atoms with van der Waals surface area (Å²) in [6.45, 7) is 0. The molecule has 0 radical (unpaired) electrons. The number of amides is 4. The van der Waals surface area contributed by atoms with E-state index < -0.39 is 12.1 Å². The van der Waals surface area contributed by atoms with Crippen molar-refractivity contribution in [1.82, 2.24) is 9.80 Å². The van der Waals surface area contributed by atoms with Gasteiger partial charge in [-0.3, -0.25) is 14.5 Å². The predicted octanol–water partition coefficient (Wildman–Crippen LogP) is 1.63. The highest BCUT2D eigenvalue weighted by atomic mass is 35.5. The number of benzene rings is 1. The highest BCUT2D eigenvalue weighted by Crippen LogP contribution is 2.28. The fraction of sp³-hybridized carbons (Fsp3) is 0.400. The Morgan fingerprint density at radius 3 is 2.48 bits per heavy atom. The highest BCUT2D eigenvalue weighted by molar-refractivity contribution is 6.31. The molecule has 1 aromatic rings. The number of hydrogen-bond donors (Lipinski definition) is 1. The second-order valence-electron chi connectivity index (χ2n) is 5.61. The maximum absolute atomic E-state index is 12.3. The van der Waals surface area contributed by atoms with Gasteiger partial charge in [-0.25, -0.2) is 4.79 Å². The average molecular weight is 339 g/mol. The smallest absolute Gasteiger partial charge is 0.326 e. The van der Waals surface area contributed by atoms with Gasteiger partial charge in [0.25, 0.3) is 5.91 Å². The van der Waals surface area contributed by atoms with Crippen molar-refractivity contribution in [3.8, 4) is 0 Å². The van der Waals surface area contributed by atoms with E-state index in [1.165, 1.54) is 19.0 Å². The van der Waals surface area contributed by atoms with Crippen molar-refractivity contribution < 1.29 is 14.4 Å². The minimum Gasteiger partial charge on any atom is -0.376 e. The zero-order chi connectivity index (χ0) is 17.3. The summed E-state index contributed by atoms with van der Waals surface area (Å²) in [6, 6.07) is 3.97. The summed E-state index contributed by atoms with van der Waals surface area (Å²) in [5, 5.41) is 3.25. The Kier molecular flexibility index (Phi) is 4.79. The molecule has 1 aliphatic rings. The van der Waals surface area contributed by atoms with Gasteiger partial charge in [-0.1, -0.05) is 11.6 Å². The number of imide groups is 1. The van der Waals surface area contributed by atoms with Crippen LogP contribution in [0.4, 0.5) is 16.2 Å². The van der Waals surface area contributed by atoms with E-state index in [9.17, 15) is 14.4 Å². The number of carbonyl (C=O) groups is 3. The second kappa shape index (κ2) is 6.45. The van der Waals surface area contributed by atoms with Crippen LogP contribution in [0, 0.1) is 0 Å². The van der Waals surface area contributed by atoms with Crippen LogP contribution in [0.15, 0.2) is 18.2 Å². The molecule has 0 saturated carbocycles. The van der Waals surface area contributed by atoms with E-state index >= 15 is 0 Å². The molecular formula is C15H19ClN4O3. The van der Waals surface area contributed by atoms with Crippen LogP contribution in [0.5, 0.6) is 0 Å². The van der Waals surface area contributed by atoms with Gasteiger partial charge in [-0.2, -0.15) is 0 Å². The molecule has 0 aromatic heterocycles. The molecule has 8 heteroatoms. The van der Waals surface area contributed by atoms with E-state index in [1.54, 1.807) is 18.2 Å². The quantitative estimate of drug-likeness (QED) is 0.847. The third-order valence-corrected chi connectivity index (χ3v) is 4.00. The number of nitrogens with zero attached hydrogens (tertiary/aromatic N) is 3. The van der Waals surface area contributed by atoms with E-state index in [0.29, 0.717) is 10.7 Å². The molecule has 0 spiro atoms. The van der Waals surface area contributed by atoms with Crippen LogP contribution in [0.2, 0.25) is 5.02 Å². The lowest BCUT2D eigenvalue weighted by atomic mass is 10.1. The molecule has 23 heavy (non-hydrogen) atoms. The summed E-state index contributed by atoms with van der Waals surface area (Å²) in [4.78, 5) is 40.1. The maximum atomic E-state index is 12.3. The lowest BCUT2D eigenvalue weighted by molar-refractivity contribution is -0.129. The maximum Gasteiger partial charge on any atom is 0.326 e. The largest absolute Gasteiger partial charge is 0.376 e. The molecule has 1 atom stereocenters. The Balaban J connectivity index is 2.13. The van der Waals surface area contributed by atoms with Gasteiger partial charge in [-0.15, -0.1) is 0 Å². The molecule has 7 nitrogen and oxygen atoms in total. The molecule has 0 bridgehead atoms. The molecule has 1 fully saturated rings. The first kappa shape index (κ1) is 17.1. The van der Waals surface area contributed by atoms with Gasteiger partial charge in [-0.05, 0) is 18.2 Å². The molecule has 124 valence electrons. The standard InChI is InChI=1S/C15H19ClN4O3/c1-18(2)11-6-5-9(16)7-10(11)17-13(21)8-12-14(22)20(4)15(23)19(12)3/h5-7,12H,8H2,1-4H3,(H,17,21). The number of carbonyl (C=O) groups excluding carboxylic acids is 3. The number of halogens is 1. The summed E-state index contributed by atoms with van der Waals surface area (Å²) in [6.07, 6.45) is -0.106. The molecule has 1 unspecified atom stereocenters. The highest BCUT2D eigenvalue weighted by Gasteiger charge is 2.41. The summed E-state index contributed by atoms with van der Waals surface area (Å²) in [7, 11) is 6.61. The molecular weight excluding hydrogens is 320 g/mol. The van der Waals surface area contributed by atoms with Crippen LogP contribution >= 0.6 is 11.6 Å². The zero-order valence-electron chi connectivity index (χ0n) is 13.5. The predicted molar refractivity (Wildman–Crippen MR) is 88.7 cm³/mol. The second-order valence-corrected chi connectivity index (χ2v) is 6.05. The van der Waals surface area contributed by atoms with Crippen LogP contribution in [0.25, 0.3) is 0 Å². The number of hydrogen-bond acceptors (Lipinski definition) is 4. The number of urea groups is 1. The molecule has 1 aromatic carbocycles. The fourth-order valence-corrected chi connectivity index (χ4v) is 2.62. The minimum absolute atomic E-state index is 0.106. The summed E-state index contributed by atoms with van der Waals surface area (Å²) < 4.78 is 0. The van der Waals surface area contributed by atoms with Crippen LogP contribution < -0.4 is 10.2 Å². The lowest BCUT2D eigenvalue weighted by Crippen LogP contribution is -2.35. The lowest BCUT2D eigenvalue weighted by Gasteiger charge is -2.20. The van der Waals surface area contributed by atoms with Crippen molar-refractivity contribution in [3.63, 3.8) is 0 Å². The van der Waals surface area contributed by atoms with Crippen molar-refractivity contribution in [1.29, 1.82) is 0 Å². The SMILES string of the molecule is CN1C(=O)C(CC(=O)Nc2cc(Cl)ccc2N(C)C)N(C)C1=O. The van der Waals surface area contributed by atoms with E-state index in [0.717, 1.165) is 10.6 Å². The van der Waals surface area contributed by atoms with E-state index in [1.807, 2.05) is 19.0 Å². The first-order chi connectivity index (χ1) is 10.7. The number of anilines is 2. The van der Waals surface area contributed by atoms with Crippen LogP contribution in [0.3, 0.4) is 0 Å². The third kappa shape index (κ3) is 3.39. The average Bonchev–Trinajstić information content (AvgIpc) is 2.65. The van der Waals surface area contributed by atoms with E-state index in [-0.39, 0.29) is 18.2 Å². The monoisotopic (exact) mass is 338 g/mol. The van der Waals surface area contributed by atoms with Crippen molar-refractivity contribution in [2.75, 3.05) is 38.4 Å². The Morgan fingerprint density at radius 1 is 1.30 bits per heavy atom. The Morgan fingerprint density at radius 2 is 1.96 bits per heavy atom. The van der Waals surface area contributed by atoms with Crippen molar-refractivity contribution >= 4 is 40.8 Å². The molecule has 4 amide bonds. The third-order valence-electron chi connectivity index (χ3n) is 3.77. The molecule has 1 aliphatic heterocycles. The van der Waals surface area contributed by atoms with Gasteiger partial charge in [0.05, 0.1) is 17.8 Å². The Hall–Kier alpha value is -2.28. The van der Waals surface area contributed by atoms with E-state index in [2.05, 4.69) is 5.32 Å². The normalized spacial score (nSPS) is 17.7. The number of nitrogens with one attached hydrogen (secondary N) is 1. The minimum atomic E-state index is -0.783. The van der Waals surface area contributed by atoms with Crippen LogP contribution in [-0.4, -0.2) is 61.9 Å². The molecule has 2 rings (SSSR count). The molecule has 1 saturated heterocycles. The number of rotatable bonds is 4. The first-order valence-electron chi connectivity index (χ1n) is 7.03. The Bertz CT molecular complexity index is 662. The van der Waals surface area contributed by atoms with Gasteiger partial charge in [0.2, 0.25) is 5.91 Å².